The molecule has 0 bridgehead atoms. The minimum absolute atomic E-state index is 0.539. The van der Waals surface area contributed by atoms with Gasteiger partial charge < -0.3 is 14.4 Å². The number of aromatic nitrogens is 4. The molecule has 9 heteroatoms. The van der Waals surface area contributed by atoms with Gasteiger partial charge in [0.25, 0.3) is 0 Å². The molecule has 8 nitrogen and oxygen atoms in total. The highest BCUT2D eigenvalue weighted by molar-refractivity contribution is 7.17. The Hall–Kier alpha value is -4.55. The number of nitrogens with zero attached hydrogens (tertiary/aromatic N) is 6. The number of rotatable bonds is 6. The lowest BCUT2D eigenvalue weighted by Crippen LogP contribution is -2.16. The number of fused-ring (bicyclic) bond motifs is 1. The number of benzene rings is 1. The van der Waals surface area contributed by atoms with Crippen LogP contribution in [-0.4, -0.2) is 47.7 Å². The van der Waals surface area contributed by atoms with Gasteiger partial charge in [0.2, 0.25) is 0 Å². The molecule has 4 heterocycles. The molecule has 0 radical (unpaired) electrons. The van der Waals surface area contributed by atoms with Crippen LogP contribution in [0.5, 0.6) is 11.5 Å². The first-order valence-electron chi connectivity index (χ1n) is 11.2. The molecule has 1 aliphatic heterocycles. The minimum atomic E-state index is 0.539. The summed E-state index contributed by atoms with van der Waals surface area (Å²) in [4.78, 5) is 3.01. The molecule has 3 aromatic heterocycles. The Labute approximate surface area is 212 Å². The predicted molar refractivity (Wildman–Crippen MR) is 142 cm³/mol. The van der Waals surface area contributed by atoms with Gasteiger partial charge in [0.15, 0.2) is 11.5 Å². The zero-order valence-corrected chi connectivity index (χ0v) is 20.6. The molecule has 178 valence electrons. The van der Waals surface area contributed by atoms with Crippen molar-refractivity contribution in [2.45, 2.75) is 0 Å². The van der Waals surface area contributed by atoms with Crippen LogP contribution in [0.25, 0.3) is 35.7 Å². The molecular weight excluding hydrogens is 472 g/mol. The summed E-state index contributed by atoms with van der Waals surface area (Å²) < 4.78 is 11.7. The van der Waals surface area contributed by atoms with Crippen LogP contribution in [0.2, 0.25) is 0 Å². The van der Waals surface area contributed by atoms with Gasteiger partial charge in [-0.15, -0.1) is 21.5 Å². The summed E-state index contributed by atoms with van der Waals surface area (Å²) in [6.45, 7) is 1.09. The van der Waals surface area contributed by atoms with Crippen molar-refractivity contribution in [1.82, 2.24) is 20.4 Å². The number of ether oxygens (including phenoxy) is 2. The van der Waals surface area contributed by atoms with Crippen molar-refractivity contribution in [3.8, 4) is 29.0 Å². The first-order chi connectivity index (χ1) is 17.6. The van der Waals surface area contributed by atoms with Crippen molar-refractivity contribution in [1.29, 1.82) is 5.26 Å². The van der Waals surface area contributed by atoms with Gasteiger partial charge in [-0.25, -0.2) is 0 Å². The highest BCUT2D eigenvalue weighted by Crippen LogP contribution is 2.49. The number of hydrogen-bond donors (Lipinski definition) is 0. The van der Waals surface area contributed by atoms with Gasteiger partial charge in [0, 0.05) is 14.1 Å². The molecule has 4 aromatic rings. The van der Waals surface area contributed by atoms with Gasteiger partial charge in [-0.05, 0) is 60.2 Å². The van der Waals surface area contributed by atoms with E-state index in [0.717, 1.165) is 38.3 Å². The lowest BCUT2D eigenvalue weighted by Gasteiger charge is -2.18. The second-order valence-electron chi connectivity index (χ2n) is 8.11. The number of thiophene rings is 1. The van der Waals surface area contributed by atoms with Crippen molar-refractivity contribution in [3.05, 3.63) is 75.9 Å². The van der Waals surface area contributed by atoms with Gasteiger partial charge in [-0.1, -0.05) is 18.2 Å². The molecule has 1 aliphatic rings. The molecular formula is C27H22N6O2S. The molecule has 0 N–H and O–H groups in total. The van der Waals surface area contributed by atoms with E-state index in [2.05, 4.69) is 26.5 Å². The zero-order valence-electron chi connectivity index (χ0n) is 19.8. The summed E-state index contributed by atoms with van der Waals surface area (Å²) in [6.07, 6.45) is 7.68. The Kier molecular flexibility index (Phi) is 6.69. The molecule has 0 fully saturated rings. The third-order valence-electron chi connectivity index (χ3n) is 5.34. The lowest BCUT2D eigenvalue weighted by molar-refractivity contribution is 0.173. The summed E-state index contributed by atoms with van der Waals surface area (Å²) >= 11 is 1.61. The topological polar surface area (TPSA) is 97.1 Å². The summed E-state index contributed by atoms with van der Waals surface area (Å²) in [7, 11) is 3.98. The molecule has 5 rings (SSSR count). The van der Waals surface area contributed by atoms with Gasteiger partial charge in [0.1, 0.15) is 29.6 Å². The zero-order chi connectivity index (χ0) is 24.9. The summed E-state index contributed by atoms with van der Waals surface area (Å²) in [5.74, 6) is 1.57. The maximum atomic E-state index is 8.89. The minimum Gasteiger partial charge on any atom is -0.485 e. The Morgan fingerprint density at radius 2 is 1.39 bits per heavy atom. The van der Waals surface area contributed by atoms with Crippen LogP contribution in [0, 0.1) is 11.3 Å². The van der Waals surface area contributed by atoms with Crippen LogP contribution in [0.4, 0.5) is 5.00 Å². The number of nitriles is 1. The van der Waals surface area contributed by atoms with Crippen LogP contribution in [0.3, 0.4) is 0 Å². The second-order valence-corrected chi connectivity index (χ2v) is 9.14. The van der Waals surface area contributed by atoms with Gasteiger partial charge in [-0.3, -0.25) is 0 Å². The van der Waals surface area contributed by atoms with Crippen LogP contribution in [-0.2, 0) is 0 Å². The molecule has 36 heavy (non-hydrogen) atoms. The molecule has 0 atom stereocenters. The number of hydrogen-bond acceptors (Lipinski definition) is 9. The normalized spacial score (nSPS) is 12.7. The highest BCUT2D eigenvalue weighted by atomic mass is 32.1. The third kappa shape index (κ3) is 5.09. The van der Waals surface area contributed by atoms with E-state index < -0.39 is 0 Å². The first kappa shape index (κ1) is 23.2. The fraction of sp³-hybridized carbons (Fsp3) is 0.148. The molecule has 0 spiro atoms. The van der Waals surface area contributed by atoms with Crippen molar-refractivity contribution in [2.75, 3.05) is 32.2 Å². The van der Waals surface area contributed by atoms with Gasteiger partial charge in [0.05, 0.1) is 27.9 Å². The lowest BCUT2D eigenvalue weighted by atomic mass is 10.1. The molecule has 0 saturated carbocycles. The Morgan fingerprint density at radius 1 is 0.778 bits per heavy atom. The van der Waals surface area contributed by atoms with E-state index in [-0.39, 0.29) is 0 Å². The summed E-state index contributed by atoms with van der Waals surface area (Å²) in [5.41, 5.74) is 4.34. The summed E-state index contributed by atoms with van der Waals surface area (Å²) in [6, 6.07) is 17.0. The fourth-order valence-electron chi connectivity index (χ4n) is 3.51. The van der Waals surface area contributed by atoms with Crippen LogP contribution < -0.4 is 14.4 Å². The molecule has 0 amide bonds. The maximum Gasteiger partial charge on any atom is 0.196 e. The molecule has 0 saturated heterocycles. The van der Waals surface area contributed by atoms with E-state index in [0.29, 0.717) is 30.2 Å². The average Bonchev–Trinajstić information content (AvgIpc) is 3.31. The fourth-order valence-corrected chi connectivity index (χ4v) is 4.52. The Morgan fingerprint density at radius 3 is 1.94 bits per heavy atom. The van der Waals surface area contributed by atoms with Crippen LogP contribution in [0.1, 0.15) is 27.4 Å². The van der Waals surface area contributed by atoms with Crippen LogP contribution >= 0.6 is 11.3 Å². The van der Waals surface area contributed by atoms with Crippen molar-refractivity contribution in [2.24, 2.45) is 0 Å². The molecule has 1 aromatic carbocycles. The quantitative estimate of drug-likeness (QED) is 0.368. The predicted octanol–water partition coefficient (Wildman–Crippen LogP) is 5.04. The van der Waals surface area contributed by atoms with E-state index in [1.165, 1.54) is 0 Å². The van der Waals surface area contributed by atoms with Crippen molar-refractivity contribution in [3.63, 3.8) is 0 Å². The van der Waals surface area contributed by atoms with Gasteiger partial charge >= 0.3 is 0 Å². The summed E-state index contributed by atoms with van der Waals surface area (Å²) in [5, 5.41) is 27.1. The van der Waals surface area contributed by atoms with Crippen LogP contribution in [0.15, 0.2) is 48.5 Å². The monoisotopic (exact) mass is 494 g/mol. The van der Waals surface area contributed by atoms with E-state index in [4.69, 9.17) is 14.7 Å². The smallest absolute Gasteiger partial charge is 0.196 e. The Balaban J connectivity index is 1.27. The number of anilines is 1. The van der Waals surface area contributed by atoms with E-state index in [1.807, 2.05) is 79.7 Å². The Bertz CT molecular complexity index is 1450. The van der Waals surface area contributed by atoms with E-state index in [9.17, 15) is 0 Å². The van der Waals surface area contributed by atoms with E-state index in [1.54, 1.807) is 23.5 Å². The van der Waals surface area contributed by atoms with Crippen molar-refractivity contribution >= 4 is 40.6 Å². The largest absolute Gasteiger partial charge is 0.485 e. The first-order valence-corrected chi connectivity index (χ1v) is 12.1. The van der Waals surface area contributed by atoms with Crippen molar-refractivity contribution < 1.29 is 9.47 Å². The van der Waals surface area contributed by atoms with E-state index >= 15 is 0 Å². The highest BCUT2D eigenvalue weighted by Gasteiger charge is 2.24. The average molecular weight is 495 g/mol. The third-order valence-corrected chi connectivity index (χ3v) is 6.62. The maximum absolute atomic E-state index is 8.89. The standard InChI is InChI=1S/C27H22N6O2S/c1-33(2)27-26-25(34-15-16-35-26)24(36-27)14-11-21-10-13-23(32-30-21)22-12-9-20(29-31-22)8-7-18-3-5-19(17-28)6-4-18/h3-14H,15-16H2,1-2H3. The molecule has 0 unspecified atom stereocenters. The SMILES string of the molecule is CN(C)c1sc(C=Cc2ccc(-c3ccc(C=Cc4ccc(C#N)cc4)nn3)nn2)c2c1OCCO2. The van der Waals surface area contributed by atoms with Gasteiger partial charge in [-0.2, -0.15) is 15.5 Å². The molecule has 0 aliphatic carbocycles. The second kappa shape index (κ2) is 10.4.